The van der Waals surface area contributed by atoms with Gasteiger partial charge in [0.05, 0.1) is 23.7 Å². The summed E-state index contributed by atoms with van der Waals surface area (Å²) in [5.41, 5.74) is -1.03. The van der Waals surface area contributed by atoms with Gasteiger partial charge >= 0.3 is 11.3 Å². The van der Waals surface area contributed by atoms with Crippen LogP contribution < -0.4 is 20.7 Å². The average molecular weight is 573 g/mol. The first kappa shape index (κ1) is 26.4. The molecule has 0 aliphatic carbocycles. The Kier molecular flexibility index (Phi) is 5.96. The van der Waals surface area contributed by atoms with Crippen molar-refractivity contribution in [3.8, 4) is 11.5 Å². The second-order valence-electron chi connectivity index (χ2n) is 11.5. The van der Waals surface area contributed by atoms with Crippen molar-refractivity contribution in [1.82, 2.24) is 0 Å². The van der Waals surface area contributed by atoms with Gasteiger partial charge in [0.15, 0.2) is 22.3 Å². The van der Waals surface area contributed by atoms with Crippen molar-refractivity contribution in [2.45, 2.75) is 51.1 Å². The first-order valence-corrected chi connectivity index (χ1v) is 13.6. The number of fused-ring (bicyclic) bond motifs is 4. The summed E-state index contributed by atoms with van der Waals surface area (Å²) >= 11 is 0. The second kappa shape index (κ2) is 9.50. The molecule has 42 heavy (non-hydrogen) atoms. The van der Waals surface area contributed by atoms with Crippen LogP contribution in [0.2, 0.25) is 0 Å². The number of furan rings is 2. The van der Waals surface area contributed by atoms with Crippen LogP contribution in [-0.4, -0.2) is 36.6 Å². The lowest BCUT2D eigenvalue weighted by Gasteiger charge is -2.50. The smallest absolute Gasteiger partial charge is 0.336 e. The Hall–Kier alpha value is -4.54. The molecule has 0 N–H and O–H groups in total. The molecule has 2 unspecified atom stereocenters. The summed E-state index contributed by atoms with van der Waals surface area (Å²) in [4.78, 5) is 24.0. The topological polar surface area (TPSA) is 124 Å². The van der Waals surface area contributed by atoms with Crippen molar-refractivity contribution in [3.05, 3.63) is 81.9 Å². The fraction of sp³-hybridized carbons (Fsp3) is 0.312. The van der Waals surface area contributed by atoms with Crippen LogP contribution in [0.5, 0.6) is 11.5 Å². The summed E-state index contributed by atoms with van der Waals surface area (Å²) in [6.07, 6.45) is 2.10. The van der Waals surface area contributed by atoms with E-state index in [4.69, 9.17) is 36.6 Å². The molecule has 6 aromatic rings. The summed E-state index contributed by atoms with van der Waals surface area (Å²) < 4.78 is 48.0. The summed E-state index contributed by atoms with van der Waals surface area (Å²) in [6, 6.07) is 13.5. The minimum Gasteiger partial charge on any atom is -0.483 e. The van der Waals surface area contributed by atoms with Crippen molar-refractivity contribution < 1.29 is 36.6 Å². The highest BCUT2D eigenvalue weighted by Crippen LogP contribution is 2.40. The van der Waals surface area contributed by atoms with Crippen LogP contribution >= 0.6 is 0 Å². The van der Waals surface area contributed by atoms with Gasteiger partial charge in [-0.15, -0.1) is 0 Å². The van der Waals surface area contributed by atoms with E-state index >= 15 is 0 Å². The molecule has 0 radical (unpaired) electrons. The van der Waals surface area contributed by atoms with E-state index in [9.17, 15) is 9.59 Å². The monoisotopic (exact) mass is 572 g/mol. The summed E-state index contributed by atoms with van der Waals surface area (Å²) in [6.45, 7) is 7.85. The van der Waals surface area contributed by atoms with Crippen LogP contribution in [0.15, 0.2) is 88.3 Å². The van der Waals surface area contributed by atoms with Gasteiger partial charge in [-0.25, -0.2) is 9.59 Å². The molecule has 1 aliphatic heterocycles. The molecule has 0 amide bonds. The van der Waals surface area contributed by atoms with Gasteiger partial charge in [-0.05, 0) is 64.1 Å². The van der Waals surface area contributed by atoms with Crippen molar-refractivity contribution in [2.75, 3.05) is 13.2 Å². The van der Waals surface area contributed by atoms with Crippen molar-refractivity contribution in [3.63, 3.8) is 0 Å². The normalized spacial score (nSPS) is 20.0. The average Bonchev–Trinajstić information content (AvgIpc) is 3.61. The molecule has 10 heteroatoms. The molecule has 7 rings (SSSR count). The zero-order valence-electron chi connectivity index (χ0n) is 23.4. The fourth-order valence-corrected chi connectivity index (χ4v) is 5.43. The van der Waals surface area contributed by atoms with Gasteiger partial charge in [0.2, 0.25) is 11.5 Å². The van der Waals surface area contributed by atoms with E-state index in [1.807, 2.05) is 52.0 Å². The minimum absolute atomic E-state index is 0.0963. The van der Waals surface area contributed by atoms with E-state index in [-0.39, 0.29) is 13.2 Å². The van der Waals surface area contributed by atoms with Crippen molar-refractivity contribution in [2.24, 2.45) is 0 Å². The van der Waals surface area contributed by atoms with Crippen LogP contribution in [0.3, 0.4) is 0 Å². The molecule has 0 bridgehead atoms. The largest absolute Gasteiger partial charge is 0.483 e. The van der Waals surface area contributed by atoms with Gasteiger partial charge in [0.25, 0.3) is 0 Å². The zero-order chi connectivity index (χ0) is 29.2. The van der Waals surface area contributed by atoms with E-state index in [0.717, 1.165) is 10.8 Å². The predicted octanol–water partition coefficient (Wildman–Crippen LogP) is 6.19. The molecule has 4 aromatic heterocycles. The molecule has 5 heterocycles. The molecule has 1 aliphatic rings. The molecular formula is C32H28O10. The van der Waals surface area contributed by atoms with E-state index in [0.29, 0.717) is 44.6 Å². The highest BCUT2D eigenvalue weighted by atomic mass is 16.6. The van der Waals surface area contributed by atoms with Gasteiger partial charge in [0, 0.05) is 33.7 Å². The molecule has 2 aromatic carbocycles. The van der Waals surface area contributed by atoms with Crippen LogP contribution in [0, 0.1) is 0 Å². The highest BCUT2D eigenvalue weighted by Gasteiger charge is 2.49. The van der Waals surface area contributed by atoms with Gasteiger partial charge in [-0.3, -0.25) is 0 Å². The van der Waals surface area contributed by atoms with Crippen molar-refractivity contribution in [1.29, 1.82) is 0 Å². The number of benzene rings is 2. The zero-order valence-corrected chi connectivity index (χ0v) is 23.4. The molecular weight excluding hydrogens is 544 g/mol. The highest BCUT2D eigenvalue weighted by molar-refractivity contribution is 6.00. The van der Waals surface area contributed by atoms with Gasteiger partial charge < -0.3 is 36.6 Å². The second-order valence-corrected chi connectivity index (χ2v) is 11.5. The lowest BCUT2D eigenvalue weighted by atomic mass is 9.92. The van der Waals surface area contributed by atoms with Crippen molar-refractivity contribution >= 4 is 43.9 Å². The number of hydrogen-bond donors (Lipinski definition) is 0. The predicted molar refractivity (Wildman–Crippen MR) is 153 cm³/mol. The maximum Gasteiger partial charge on any atom is 0.336 e. The molecule has 0 saturated carbocycles. The number of rotatable bonds is 6. The Morgan fingerprint density at radius 2 is 1.00 bits per heavy atom. The van der Waals surface area contributed by atoms with Gasteiger partial charge in [-0.2, -0.15) is 0 Å². The maximum atomic E-state index is 12.0. The Bertz CT molecular complexity index is 1920. The standard InChI is InChI=1S/C32H28O10/c1-31(2)21(15-37-29-25-19(9-11-35-25)13-17-5-7-23(33)39-27(17)29)42-32(3,4)22(41-31)16-38-30-26-20(10-12-36-26)14-18-6-8-24(34)40-28(18)30/h5-14,21-22H,15-16H2,1-4H3. The third kappa shape index (κ3) is 4.43. The van der Waals surface area contributed by atoms with Crippen LogP contribution in [0.25, 0.3) is 43.9 Å². The molecule has 1 saturated heterocycles. The Balaban J connectivity index is 1.14. The molecule has 1 fully saturated rings. The fourth-order valence-electron chi connectivity index (χ4n) is 5.43. The van der Waals surface area contributed by atoms with E-state index in [1.54, 1.807) is 24.7 Å². The van der Waals surface area contributed by atoms with Gasteiger partial charge in [0.1, 0.15) is 25.4 Å². The van der Waals surface area contributed by atoms with E-state index in [1.165, 1.54) is 12.1 Å². The van der Waals surface area contributed by atoms with E-state index < -0.39 is 34.7 Å². The van der Waals surface area contributed by atoms with Gasteiger partial charge in [-0.1, -0.05) is 0 Å². The SMILES string of the molecule is CC1(C)OC(COc2c3occc3cc3ccc(=O)oc23)C(C)(C)OC1COc1c2occc2cc2ccc(=O)oc12. The van der Waals surface area contributed by atoms with Crippen LogP contribution in [0.4, 0.5) is 0 Å². The van der Waals surface area contributed by atoms with Crippen LogP contribution in [-0.2, 0) is 9.47 Å². The lowest BCUT2D eigenvalue weighted by Crippen LogP contribution is -2.62. The molecule has 10 nitrogen and oxygen atoms in total. The first-order chi connectivity index (χ1) is 20.1. The maximum absolute atomic E-state index is 12.0. The molecule has 216 valence electrons. The number of ether oxygens (including phenoxy) is 4. The minimum atomic E-state index is -0.803. The van der Waals surface area contributed by atoms with E-state index in [2.05, 4.69) is 0 Å². The number of hydrogen-bond acceptors (Lipinski definition) is 10. The quantitative estimate of drug-likeness (QED) is 0.213. The van der Waals surface area contributed by atoms with Crippen LogP contribution in [0.1, 0.15) is 27.7 Å². The Morgan fingerprint density at radius 3 is 1.43 bits per heavy atom. The molecule has 0 spiro atoms. The Labute approximate surface area is 238 Å². The summed E-state index contributed by atoms with van der Waals surface area (Å²) in [7, 11) is 0. The Morgan fingerprint density at radius 1 is 0.595 bits per heavy atom. The summed E-state index contributed by atoms with van der Waals surface area (Å²) in [5, 5.41) is 3.06. The lowest BCUT2D eigenvalue weighted by molar-refractivity contribution is -0.298. The third-order valence-electron chi connectivity index (χ3n) is 7.77. The third-order valence-corrected chi connectivity index (χ3v) is 7.77. The summed E-state index contributed by atoms with van der Waals surface area (Å²) in [5.74, 6) is 0.653. The molecule has 2 atom stereocenters. The first-order valence-electron chi connectivity index (χ1n) is 13.6.